The van der Waals surface area contributed by atoms with E-state index in [-0.39, 0.29) is 6.29 Å². The first-order valence-electron chi connectivity index (χ1n) is 5.15. The standard InChI is InChI=1S/C11H13N2O2/c1-13-5-2-3-8(7-13)10-9-4-6-14-11(9)15-12-10/h2-3,5,7,9,11H,4,6H2,1H3/q+1/t9-,11+/m1/s1. The Hall–Kier alpha value is -1.42. The Bertz CT molecular complexity index is 417. The van der Waals surface area contributed by atoms with Crippen molar-refractivity contribution in [2.45, 2.75) is 12.7 Å². The lowest BCUT2D eigenvalue weighted by Gasteiger charge is -2.06. The molecule has 0 unspecified atom stereocenters. The van der Waals surface area contributed by atoms with Gasteiger partial charge in [-0.1, -0.05) is 5.16 Å². The van der Waals surface area contributed by atoms with Crippen molar-refractivity contribution in [1.82, 2.24) is 0 Å². The number of nitrogens with zero attached hydrogens (tertiary/aromatic N) is 2. The quantitative estimate of drug-likeness (QED) is 0.629. The minimum absolute atomic E-state index is 0.148. The van der Waals surface area contributed by atoms with Crippen LogP contribution in [-0.2, 0) is 16.6 Å². The zero-order valence-electron chi connectivity index (χ0n) is 8.59. The van der Waals surface area contributed by atoms with Crippen LogP contribution in [0, 0.1) is 5.92 Å². The molecule has 1 saturated heterocycles. The minimum Gasteiger partial charge on any atom is -0.363 e. The van der Waals surface area contributed by atoms with Crippen molar-refractivity contribution in [3.63, 3.8) is 0 Å². The van der Waals surface area contributed by atoms with Gasteiger partial charge in [-0.05, 0) is 12.5 Å². The second-order valence-corrected chi connectivity index (χ2v) is 3.97. The summed E-state index contributed by atoms with van der Waals surface area (Å²) in [4.78, 5) is 5.24. The normalized spacial score (nSPS) is 28.5. The maximum absolute atomic E-state index is 5.42. The van der Waals surface area contributed by atoms with Crippen molar-refractivity contribution in [2.24, 2.45) is 18.1 Å². The van der Waals surface area contributed by atoms with Crippen molar-refractivity contribution >= 4 is 5.71 Å². The largest absolute Gasteiger partial charge is 0.363 e. The third-order valence-electron chi connectivity index (χ3n) is 2.88. The lowest BCUT2D eigenvalue weighted by Crippen LogP contribution is -2.29. The minimum atomic E-state index is -0.148. The molecule has 4 heteroatoms. The number of hydrogen-bond donors (Lipinski definition) is 0. The highest BCUT2D eigenvalue weighted by Crippen LogP contribution is 2.31. The molecule has 1 fully saturated rings. The zero-order chi connectivity index (χ0) is 10.3. The van der Waals surface area contributed by atoms with Gasteiger partial charge in [-0.15, -0.1) is 0 Å². The van der Waals surface area contributed by atoms with E-state index in [0.29, 0.717) is 5.92 Å². The first-order valence-corrected chi connectivity index (χ1v) is 5.15. The van der Waals surface area contributed by atoms with E-state index in [4.69, 9.17) is 9.57 Å². The number of hydrogen-bond acceptors (Lipinski definition) is 3. The molecule has 0 aliphatic carbocycles. The van der Waals surface area contributed by atoms with E-state index in [1.807, 2.05) is 23.9 Å². The van der Waals surface area contributed by atoms with Crippen LogP contribution in [0.15, 0.2) is 29.7 Å². The average molecular weight is 205 g/mol. The number of rotatable bonds is 1. The van der Waals surface area contributed by atoms with Crippen molar-refractivity contribution < 1.29 is 14.1 Å². The molecule has 2 aliphatic rings. The zero-order valence-corrected chi connectivity index (χ0v) is 8.59. The summed E-state index contributed by atoms with van der Waals surface area (Å²) in [5, 5.41) is 4.11. The number of oxime groups is 1. The fourth-order valence-corrected chi connectivity index (χ4v) is 2.12. The summed E-state index contributed by atoms with van der Waals surface area (Å²) in [5.74, 6) is 0.312. The van der Waals surface area contributed by atoms with Crippen LogP contribution in [0.2, 0.25) is 0 Å². The Morgan fingerprint density at radius 1 is 1.53 bits per heavy atom. The molecule has 3 rings (SSSR count). The van der Waals surface area contributed by atoms with Gasteiger partial charge in [-0.2, -0.15) is 0 Å². The van der Waals surface area contributed by atoms with Crippen molar-refractivity contribution in [1.29, 1.82) is 0 Å². The highest BCUT2D eigenvalue weighted by Gasteiger charge is 2.40. The van der Waals surface area contributed by atoms with E-state index in [1.165, 1.54) is 0 Å². The molecule has 1 aromatic heterocycles. The number of aromatic nitrogens is 1. The lowest BCUT2D eigenvalue weighted by atomic mass is 9.97. The van der Waals surface area contributed by atoms with Crippen LogP contribution in [0.4, 0.5) is 0 Å². The van der Waals surface area contributed by atoms with Gasteiger partial charge in [0.15, 0.2) is 12.4 Å². The van der Waals surface area contributed by atoms with Gasteiger partial charge in [-0.25, -0.2) is 4.57 Å². The predicted molar refractivity (Wildman–Crippen MR) is 53.1 cm³/mol. The van der Waals surface area contributed by atoms with Gasteiger partial charge >= 0.3 is 0 Å². The van der Waals surface area contributed by atoms with Gasteiger partial charge in [0, 0.05) is 6.07 Å². The number of fused-ring (bicyclic) bond motifs is 1. The van der Waals surface area contributed by atoms with Crippen LogP contribution in [0.3, 0.4) is 0 Å². The summed E-state index contributed by atoms with van der Waals surface area (Å²) >= 11 is 0. The summed E-state index contributed by atoms with van der Waals surface area (Å²) in [6.45, 7) is 0.771. The molecule has 0 bridgehead atoms. The SMILES string of the molecule is C[n+]1cccc(C2=NO[C@@H]3OCC[C@H]23)c1. The Balaban J connectivity index is 1.94. The second-order valence-electron chi connectivity index (χ2n) is 3.97. The molecular formula is C11H13N2O2+. The van der Waals surface area contributed by atoms with Crippen LogP contribution in [0.5, 0.6) is 0 Å². The van der Waals surface area contributed by atoms with Gasteiger partial charge in [0.25, 0.3) is 0 Å². The molecule has 15 heavy (non-hydrogen) atoms. The second kappa shape index (κ2) is 3.31. The topological polar surface area (TPSA) is 34.7 Å². The van der Waals surface area contributed by atoms with E-state index < -0.39 is 0 Å². The van der Waals surface area contributed by atoms with E-state index >= 15 is 0 Å². The molecule has 0 N–H and O–H groups in total. The summed E-state index contributed by atoms with van der Waals surface area (Å²) in [6.07, 6.45) is 4.92. The fourth-order valence-electron chi connectivity index (χ4n) is 2.12. The molecule has 1 aromatic rings. The van der Waals surface area contributed by atoms with Crippen LogP contribution in [0.1, 0.15) is 12.0 Å². The maximum atomic E-state index is 5.42. The predicted octanol–water partition coefficient (Wildman–Crippen LogP) is 0.608. The van der Waals surface area contributed by atoms with Gasteiger partial charge in [-0.3, -0.25) is 0 Å². The number of pyridine rings is 1. The maximum Gasteiger partial charge on any atom is 0.235 e. The Labute approximate surface area is 88.1 Å². The van der Waals surface area contributed by atoms with Gasteiger partial charge in [0.05, 0.1) is 18.1 Å². The molecule has 78 valence electrons. The van der Waals surface area contributed by atoms with E-state index in [9.17, 15) is 0 Å². The molecule has 0 radical (unpaired) electrons. The van der Waals surface area contributed by atoms with Crippen molar-refractivity contribution in [2.75, 3.05) is 6.61 Å². The fraction of sp³-hybridized carbons (Fsp3) is 0.455. The highest BCUT2D eigenvalue weighted by atomic mass is 16.8. The smallest absolute Gasteiger partial charge is 0.235 e. The van der Waals surface area contributed by atoms with Crippen LogP contribution < -0.4 is 4.57 Å². The Morgan fingerprint density at radius 3 is 3.33 bits per heavy atom. The Morgan fingerprint density at radius 2 is 2.47 bits per heavy atom. The molecule has 0 amide bonds. The monoisotopic (exact) mass is 205 g/mol. The van der Waals surface area contributed by atoms with E-state index in [1.54, 1.807) is 0 Å². The summed E-state index contributed by atoms with van der Waals surface area (Å²) in [6, 6.07) is 4.07. The molecule has 3 heterocycles. The van der Waals surface area contributed by atoms with E-state index in [0.717, 1.165) is 24.3 Å². The molecule has 4 nitrogen and oxygen atoms in total. The first-order chi connectivity index (χ1) is 7.34. The summed E-state index contributed by atoms with van der Waals surface area (Å²) in [7, 11) is 2.00. The van der Waals surface area contributed by atoms with Gasteiger partial charge in [0.1, 0.15) is 12.8 Å². The summed E-state index contributed by atoms with van der Waals surface area (Å²) < 4.78 is 7.43. The van der Waals surface area contributed by atoms with Gasteiger partial charge < -0.3 is 9.57 Å². The molecule has 0 aromatic carbocycles. The molecule has 2 aliphatic heterocycles. The lowest BCUT2D eigenvalue weighted by molar-refractivity contribution is -0.671. The van der Waals surface area contributed by atoms with Crippen molar-refractivity contribution in [3.8, 4) is 0 Å². The molecular weight excluding hydrogens is 192 g/mol. The molecule has 0 saturated carbocycles. The highest BCUT2D eigenvalue weighted by molar-refractivity contribution is 6.02. The average Bonchev–Trinajstić information content (AvgIpc) is 2.77. The van der Waals surface area contributed by atoms with Gasteiger partial charge in [0.2, 0.25) is 6.29 Å². The first kappa shape index (κ1) is 8.85. The third-order valence-corrected chi connectivity index (χ3v) is 2.88. The number of aryl methyl sites for hydroxylation is 1. The molecule has 2 atom stereocenters. The summed E-state index contributed by atoms with van der Waals surface area (Å²) in [5.41, 5.74) is 2.15. The Kier molecular flexibility index (Phi) is 1.95. The third kappa shape index (κ3) is 1.41. The van der Waals surface area contributed by atoms with Crippen LogP contribution in [0.25, 0.3) is 0 Å². The van der Waals surface area contributed by atoms with Crippen molar-refractivity contribution in [3.05, 3.63) is 30.1 Å². The number of ether oxygens (including phenoxy) is 1. The van der Waals surface area contributed by atoms with E-state index in [2.05, 4.69) is 17.4 Å². The van der Waals surface area contributed by atoms with Crippen LogP contribution in [-0.4, -0.2) is 18.6 Å². The molecule has 0 spiro atoms. The van der Waals surface area contributed by atoms with Crippen LogP contribution >= 0.6 is 0 Å².